The molecule has 160 valence electrons. The van der Waals surface area contributed by atoms with Crippen LogP contribution in [0.1, 0.15) is 67.2 Å². The van der Waals surface area contributed by atoms with E-state index in [2.05, 4.69) is 37.3 Å². The second kappa shape index (κ2) is 7.71. The molecular formula is C28H30O3. The smallest absolute Gasteiger partial charge is 0.139 e. The fourth-order valence-electron chi connectivity index (χ4n) is 6.27. The Morgan fingerprint density at radius 3 is 2.55 bits per heavy atom. The number of Topliss-reactive ketones (excluding diaryl/α,β-unsaturated/α-hetero) is 1. The summed E-state index contributed by atoms with van der Waals surface area (Å²) in [6.07, 6.45) is 14.8. The number of ketones is 1. The number of fused-ring (bicyclic) bond motifs is 6. The Balaban J connectivity index is 0.000000157. The molecule has 3 nitrogen and oxygen atoms in total. The molecule has 3 unspecified atom stereocenters. The van der Waals surface area contributed by atoms with E-state index in [1.807, 2.05) is 18.2 Å². The molecule has 4 atom stereocenters. The van der Waals surface area contributed by atoms with Crippen LogP contribution in [0.4, 0.5) is 0 Å². The summed E-state index contributed by atoms with van der Waals surface area (Å²) in [6.45, 7) is 2.18. The molecule has 2 aromatic rings. The molecule has 4 aliphatic carbocycles. The topological polar surface area (TPSA) is 57.5 Å². The van der Waals surface area contributed by atoms with Crippen LogP contribution in [0, 0.1) is 17.3 Å². The summed E-state index contributed by atoms with van der Waals surface area (Å²) in [5.74, 6) is 2.70. The van der Waals surface area contributed by atoms with E-state index in [9.17, 15) is 9.90 Å². The van der Waals surface area contributed by atoms with Gasteiger partial charge in [-0.1, -0.05) is 43.4 Å². The van der Waals surface area contributed by atoms with Crippen LogP contribution in [0.5, 0.6) is 11.5 Å². The molecule has 3 heteroatoms. The van der Waals surface area contributed by atoms with Crippen LogP contribution in [0.15, 0.2) is 48.6 Å². The van der Waals surface area contributed by atoms with Crippen LogP contribution in [0.25, 0.3) is 12.2 Å². The number of phenols is 2. The highest BCUT2D eigenvalue weighted by Gasteiger charge is 2.53. The lowest BCUT2D eigenvalue weighted by Crippen LogP contribution is -2.40. The first-order valence-electron chi connectivity index (χ1n) is 11.5. The molecule has 2 aromatic carbocycles. The maximum absolute atomic E-state index is 12.2. The van der Waals surface area contributed by atoms with Crippen molar-refractivity contribution in [2.45, 2.75) is 51.4 Å². The SMILES string of the molecule is C[C@]12CCC3c4ccc(O)cc4C=CC3C1CCC2=O.Oc1ccc2c(c1)C=CCC2. The second-order valence-corrected chi connectivity index (χ2v) is 9.70. The van der Waals surface area contributed by atoms with Crippen molar-refractivity contribution in [3.05, 3.63) is 70.8 Å². The minimum atomic E-state index is -0.0834. The molecule has 0 radical (unpaired) electrons. The molecule has 6 rings (SSSR count). The molecule has 31 heavy (non-hydrogen) atoms. The lowest BCUT2D eigenvalue weighted by molar-refractivity contribution is -0.128. The Bertz CT molecular complexity index is 1080. The maximum atomic E-state index is 12.2. The van der Waals surface area contributed by atoms with Crippen molar-refractivity contribution in [2.75, 3.05) is 0 Å². The van der Waals surface area contributed by atoms with Crippen molar-refractivity contribution in [1.82, 2.24) is 0 Å². The molecule has 0 heterocycles. The largest absolute Gasteiger partial charge is 0.508 e. The van der Waals surface area contributed by atoms with Crippen molar-refractivity contribution in [2.24, 2.45) is 17.3 Å². The molecule has 0 saturated heterocycles. The zero-order valence-electron chi connectivity index (χ0n) is 18.1. The fourth-order valence-corrected chi connectivity index (χ4v) is 6.27. The van der Waals surface area contributed by atoms with Gasteiger partial charge in [0.2, 0.25) is 0 Å². The molecule has 0 spiro atoms. The summed E-state index contributed by atoms with van der Waals surface area (Å²) in [4.78, 5) is 12.2. The Kier molecular flexibility index (Phi) is 5.00. The van der Waals surface area contributed by atoms with Gasteiger partial charge in [-0.25, -0.2) is 0 Å². The molecule has 0 aromatic heterocycles. The monoisotopic (exact) mass is 414 g/mol. The molecule has 4 aliphatic rings. The van der Waals surface area contributed by atoms with E-state index in [0.717, 1.165) is 49.7 Å². The van der Waals surface area contributed by atoms with Gasteiger partial charge in [0.25, 0.3) is 0 Å². The van der Waals surface area contributed by atoms with Crippen molar-refractivity contribution in [3.63, 3.8) is 0 Å². The van der Waals surface area contributed by atoms with Gasteiger partial charge in [-0.15, -0.1) is 0 Å². The number of carbonyl (C=O) groups excluding carboxylic acids is 1. The van der Waals surface area contributed by atoms with Crippen LogP contribution in [0.2, 0.25) is 0 Å². The van der Waals surface area contributed by atoms with Crippen LogP contribution < -0.4 is 0 Å². The van der Waals surface area contributed by atoms with Gasteiger partial charge >= 0.3 is 0 Å². The number of hydrogen-bond acceptors (Lipinski definition) is 3. The molecule has 0 bridgehead atoms. The summed E-state index contributed by atoms with van der Waals surface area (Å²) in [6, 6.07) is 11.3. The van der Waals surface area contributed by atoms with Gasteiger partial charge in [0.15, 0.2) is 0 Å². The average Bonchev–Trinajstić information content (AvgIpc) is 3.08. The first-order chi connectivity index (χ1) is 15.0. The number of aryl methyl sites for hydroxylation is 1. The summed E-state index contributed by atoms with van der Waals surface area (Å²) in [7, 11) is 0. The summed E-state index contributed by atoms with van der Waals surface area (Å²) in [5, 5.41) is 18.8. The predicted octanol–water partition coefficient (Wildman–Crippen LogP) is 6.25. The molecular weight excluding hydrogens is 384 g/mol. The third kappa shape index (κ3) is 3.50. The number of phenolic OH excluding ortho intramolecular Hbond substituents is 2. The van der Waals surface area contributed by atoms with Crippen molar-refractivity contribution < 1.29 is 15.0 Å². The van der Waals surface area contributed by atoms with Crippen molar-refractivity contribution in [3.8, 4) is 11.5 Å². The number of carbonyl (C=O) groups is 1. The number of rotatable bonds is 0. The summed E-state index contributed by atoms with van der Waals surface area (Å²) in [5.41, 5.74) is 4.93. The van der Waals surface area contributed by atoms with E-state index in [-0.39, 0.29) is 5.41 Å². The minimum Gasteiger partial charge on any atom is -0.508 e. The third-order valence-electron chi connectivity index (χ3n) is 8.02. The van der Waals surface area contributed by atoms with Crippen LogP contribution in [-0.2, 0) is 11.2 Å². The van der Waals surface area contributed by atoms with Gasteiger partial charge in [0.1, 0.15) is 17.3 Å². The van der Waals surface area contributed by atoms with Gasteiger partial charge in [-0.3, -0.25) is 4.79 Å². The van der Waals surface area contributed by atoms with E-state index >= 15 is 0 Å². The second-order valence-electron chi connectivity index (χ2n) is 9.70. The number of benzene rings is 2. The van der Waals surface area contributed by atoms with Gasteiger partial charge < -0.3 is 10.2 Å². The zero-order valence-corrected chi connectivity index (χ0v) is 18.1. The number of hydrogen-bond donors (Lipinski definition) is 2. The highest BCUT2D eigenvalue weighted by atomic mass is 16.3. The highest BCUT2D eigenvalue weighted by molar-refractivity contribution is 5.87. The Labute approximate surface area is 184 Å². The maximum Gasteiger partial charge on any atom is 0.139 e. The van der Waals surface area contributed by atoms with Gasteiger partial charge in [0, 0.05) is 11.8 Å². The quantitative estimate of drug-likeness (QED) is 0.536. The molecule has 2 saturated carbocycles. The van der Waals surface area contributed by atoms with E-state index in [1.165, 1.54) is 11.1 Å². The predicted molar refractivity (Wildman–Crippen MR) is 124 cm³/mol. The van der Waals surface area contributed by atoms with Crippen LogP contribution >= 0.6 is 0 Å². The normalized spacial score (nSPS) is 29.8. The Morgan fingerprint density at radius 1 is 0.935 bits per heavy atom. The average molecular weight is 415 g/mol. The molecule has 0 aliphatic heterocycles. The van der Waals surface area contributed by atoms with Gasteiger partial charge in [0.05, 0.1) is 0 Å². The van der Waals surface area contributed by atoms with Crippen LogP contribution in [-0.4, -0.2) is 16.0 Å². The van der Waals surface area contributed by atoms with E-state index in [1.54, 1.807) is 12.1 Å². The highest BCUT2D eigenvalue weighted by Crippen LogP contribution is 2.58. The van der Waals surface area contributed by atoms with Gasteiger partial charge in [-0.2, -0.15) is 0 Å². The van der Waals surface area contributed by atoms with Gasteiger partial charge in [-0.05, 0) is 96.4 Å². The Hall–Kier alpha value is -2.81. The zero-order chi connectivity index (χ0) is 21.6. The van der Waals surface area contributed by atoms with E-state index in [4.69, 9.17) is 5.11 Å². The molecule has 2 N–H and O–H groups in total. The third-order valence-corrected chi connectivity index (χ3v) is 8.02. The first kappa shape index (κ1) is 20.1. The standard InChI is InChI=1S/C18H20O2.C10H10O/c1-18-9-8-14-13-5-3-12(19)10-11(13)2-4-15(14)16(18)6-7-17(18)20;11-10-6-5-8-3-1-2-4-9(8)7-10/h2-5,10,14-16,19H,6-9H2,1H3;2,4-7,11H,1,3H2/t14?,15?,16?,18-;/m0./s1. The lowest BCUT2D eigenvalue weighted by atomic mass is 9.57. The molecule has 0 amide bonds. The van der Waals surface area contributed by atoms with Crippen molar-refractivity contribution in [1.29, 1.82) is 0 Å². The number of allylic oxidation sites excluding steroid dienone is 2. The van der Waals surface area contributed by atoms with Crippen molar-refractivity contribution >= 4 is 17.9 Å². The summed E-state index contributed by atoms with van der Waals surface area (Å²) < 4.78 is 0. The molecule has 2 fully saturated rings. The Morgan fingerprint density at radius 2 is 1.71 bits per heavy atom. The fraction of sp³-hybridized carbons (Fsp3) is 0.393. The lowest BCUT2D eigenvalue weighted by Gasteiger charge is -2.46. The van der Waals surface area contributed by atoms with E-state index < -0.39 is 0 Å². The summed E-state index contributed by atoms with van der Waals surface area (Å²) >= 11 is 0. The van der Waals surface area contributed by atoms with E-state index in [0.29, 0.717) is 35.0 Å². The number of aromatic hydroxyl groups is 2. The minimum absolute atomic E-state index is 0.0834. The van der Waals surface area contributed by atoms with Crippen LogP contribution in [0.3, 0.4) is 0 Å². The first-order valence-corrected chi connectivity index (χ1v) is 11.5.